The predicted molar refractivity (Wildman–Crippen MR) is 116 cm³/mol. The summed E-state index contributed by atoms with van der Waals surface area (Å²) in [6.45, 7) is 3.10. The fourth-order valence-electron chi connectivity index (χ4n) is 2.72. The van der Waals surface area contributed by atoms with Gasteiger partial charge in [0.15, 0.2) is 0 Å². The van der Waals surface area contributed by atoms with E-state index in [0.29, 0.717) is 17.1 Å². The van der Waals surface area contributed by atoms with E-state index in [4.69, 9.17) is 0 Å². The third-order valence-electron chi connectivity index (χ3n) is 4.11. The molecule has 2 N–H and O–H groups in total. The molecular formula is C21H19BrN4O3. The molecule has 7 nitrogen and oxygen atoms in total. The van der Waals surface area contributed by atoms with Crippen LogP contribution in [0.5, 0.6) is 0 Å². The Kier molecular flexibility index (Phi) is 6.23. The summed E-state index contributed by atoms with van der Waals surface area (Å²) in [5, 5.41) is 9.82. The highest BCUT2D eigenvalue weighted by Crippen LogP contribution is 2.23. The molecule has 0 bridgehead atoms. The monoisotopic (exact) mass is 454 g/mol. The zero-order chi connectivity index (χ0) is 21.0. The third kappa shape index (κ3) is 5.39. The summed E-state index contributed by atoms with van der Waals surface area (Å²) >= 11 is 3.35. The molecule has 1 heterocycles. The van der Waals surface area contributed by atoms with E-state index >= 15 is 0 Å². The van der Waals surface area contributed by atoms with E-state index in [2.05, 4.69) is 31.7 Å². The molecule has 0 saturated heterocycles. The maximum absolute atomic E-state index is 12.3. The van der Waals surface area contributed by atoms with Crippen molar-refractivity contribution in [2.24, 2.45) is 0 Å². The van der Waals surface area contributed by atoms with Crippen LogP contribution in [0.2, 0.25) is 0 Å². The Bertz CT molecular complexity index is 1140. The average molecular weight is 455 g/mol. The molecule has 2 aromatic carbocycles. The SMILES string of the molecule is CC(=O)Nc1cc(-c2ccc(=O)n(CC(=O)Nc3cccc(Br)c3)n2)ccc1C. The second-order valence-corrected chi connectivity index (χ2v) is 7.40. The fourth-order valence-corrected chi connectivity index (χ4v) is 3.12. The highest BCUT2D eigenvalue weighted by molar-refractivity contribution is 9.10. The van der Waals surface area contributed by atoms with Gasteiger partial charge < -0.3 is 10.6 Å². The Morgan fingerprint density at radius 2 is 1.86 bits per heavy atom. The van der Waals surface area contributed by atoms with Gasteiger partial charge >= 0.3 is 0 Å². The number of carbonyl (C=O) groups excluding carboxylic acids is 2. The van der Waals surface area contributed by atoms with Crippen LogP contribution in [0.3, 0.4) is 0 Å². The Labute approximate surface area is 175 Å². The van der Waals surface area contributed by atoms with Crippen LogP contribution in [0.15, 0.2) is 63.9 Å². The Balaban J connectivity index is 1.84. The maximum atomic E-state index is 12.3. The molecule has 0 radical (unpaired) electrons. The molecule has 3 aromatic rings. The number of hydrogen-bond acceptors (Lipinski definition) is 4. The average Bonchev–Trinajstić information content (AvgIpc) is 2.65. The van der Waals surface area contributed by atoms with Crippen LogP contribution in [0.4, 0.5) is 11.4 Å². The van der Waals surface area contributed by atoms with Crippen LogP contribution in [-0.4, -0.2) is 21.6 Å². The van der Waals surface area contributed by atoms with Gasteiger partial charge in [-0.3, -0.25) is 14.4 Å². The van der Waals surface area contributed by atoms with Crippen LogP contribution < -0.4 is 16.2 Å². The highest BCUT2D eigenvalue weighted by Gasteiger charge is 2.10. The van der Waals surface area contributed by atoms with Crippen molar-refractivity contribution in [3.05, 3.63) is 75.0 Å². The first-order valence-electron chi connectivity index (χ1n) is 8.84. The first-order valence-corrected chi connectivity index (χ1v) is 9.63. The number of anilines is 2. The van der Waals surface area contributed by atoms with E-state index in [1.165, 1.54) is 13.0 Å². The minimum atomic E-state index is -0.382. The highest BCUT2D eigenvalue weighted by atomic mass is 79.9. The van der Waals surface area contributed by atoms with Gasteiger partial charge in [0.05, 0.1) is 5.69 Å². The van der Waals surface area contributed by atoms with E-state index < -0.39 is 0 Å². The molecule has 0 atom stereocenters. The van der Waals surface area contributed by atoms with Gasteiger partial charge in [0, 0.05) is 34.4 Å². The van der Waals surface area contributed by atoms with E-state index in [9.17, 15) is 14.4 Å². The number of nitrogens with one attached hydrogen (secondary N) is 2. The molecule has 0 spiro atoms. The van der Waals surface area contributed by atoms with Gasteiger partial charge in [0.2, 0.25) is 11.8 Å². The number of aromatic nitrogens is 2. The molecule has 0 unspecified atom stereocenters. The van der Waals surface area contributed by atoms with Gasteiger partial charge in [0.25, 0.3) is 5.56 Å². The molecule has 29 heavy (non-hydrogen) atoms. The van der Waals surface area contributed by atoms with Crippen molar-refractivity contribution in [2.45, 2.75) is 20.4 Å². The van der Waals surface area contributed by atoms with Gasteiger partial charge in [-0.25, -0.2) is 4.68 Å². The molecule has 0 aliphatic heterocycles. The van der Waals surface area contributed by atoms with Gasteiger partial charge in [-0.2, -0.15) is 5.10 Å². The number of halogens is 1. The lowest BCUT2D eigenvalue weighted by atomic mass is 10.1. The van der Waals surface area contributed by atoms with Crippen LogP contribution in [0.1, 0.15) is 12.5 Å². The zero-order valence-electron chi connectivity index (χ0n) is 15.9. The molecule has 0 fully saturated rings. The molecule has 0 aliphatic carbocycles. The van der Waals surface area contributed by atoms with Gasteiger partial charge in [0.1, 0.15) is 6.54 Å². The van der Waals surface area contributed by atoms with Crippen molar-refractivity contribution in [1.82, 2.24) is 9.78 Å². The van der Waals surface area contributed by atoms with E-state index in [0.717, 1.165) is 20.3 Å². The number of carbonyl (C=O) groups is 2. The van der Waals surface area contributed by atoms with Crippen molar-refractivity contribution in [3.8, 4) is 11.3 Å². The molecule has 2 amide bonds. The number of benzene rings is 2. The molecular weight excluding hydrogens is 436 g/mol. The van der Waals surface area contributed by atoms with Crippen molar-refractivity contribution in [1.29, 1.82) is 0 Å². The fraction of sp³-hybridized carbons (Fsp3) is 0.143. The minimum Gasteiger partial charge on any atom is -0.326 e. The molecule has 8 heteroatoms. The Morgan fingerprint density at radius 3 is 2.59 bits per heavy atom. The van der Waals surface area contributed by atoms with Crippen LogP contribution in [0.25, 0.3) is 11.3 Å². The van der Waals surface area contributed by atoms with Crippen LogP contribution in [0, 0.1) is 6.92 Å². The van der Waals surface area contributed by atoms with E-state index in [1.54, 1.807) is 30.3 Å². The summed E-state index contributed by atoms with van der Waals surface area (Å²) < 4.78 is 1.95. The first kappa shape index (κ1) is 20.5. The number of rotatable bonds is 5. The Morgan fingerprint density at radius 1 is 1.07 bits per heavy atom. The number of hydrogen-bond donors (Lipinski definition) is 2. The van der Waals surface area contributed by atoms with Crippen molar-refractivity contribution in [2.75, 3.05) is 10.6 Å². The lowest BCUT2D eigenvalue weighted by molar-refractivity contribution is -0.117. The molecule has 3 rings (SSSR count). The maximum Gasteiger partial charge on any atom is 0.267 e. The minimum absolute atomic E-state index is 0.174. The number of amides is 2. The largest absolute Gasteiger partial charge is 0.326 e. The standard InChI is InChI=1S/C21H19BrN4O3/c1-13-6-7-15(10-19(13)23-14(2)27)18-8-9-21(29)26(25-18)12-20(28)24-17-5-3-4-16(22)11-17/h3-11H,12H2,1-2H3,(H,23,27)(H,24,28). The summed E-state index contributed by atoms with van der Waals surface area (Å²) in [5.74, 6) is -0.537. The molecule has 1 aromatic heterocycles. The van der Waals surface area contributed by atoms with E-state index in [-0.39, 0.29) is 23.9 Å². The summed E-state index contributed by atoms with van der Waals surface area (Å²) in [6.07, 6.45) is 0. The molecule has 0 saturated carbocycles. The summed E-state index contributed by atoms with van der Waals surface area (Å²) in [5.41, 5.74) is 3.05. The Hall–Kier alpha value is -3.26. The van der Waals surface area contributed by atoms with Crippen LogP contribution in [-0.2, 0) is 16.1 Å². The molecule has 148 valence electrons. The van der Waals surface area contributed by atoms with Crippen LogP contribution >= 0.6 is 15.9 Å². The second kappa shape index (κ2) is 8.83. The van der Waals surface area contributed by atoms with Crippen molar-refractivity contribution < 1.29 is 9.59 Å². The predicted octanol–water partition coefficient (Wildman–Crippen LogP) is 3.58. The first-order chi connectivity index (χ1) is 13.8. The zero-order valence-corrected chi connectivity index (χ0v) is 17.5. The normalized spacial score (nSPS) is 10.4. The van der Waals surface area contributed by atoms with Gasteiger partial charge in [-0.05, 0) is 42.8 Å². The quantitative estimate of drug-likeness (QED) is 0.615. The van der Waals surface area contributed by atoms with Gasteiger partial charge in [-0.1, -0.05) is 34.1 Å². The molecule has 0 aliphatic rings. The van der Waals surface area contributed by atoms with E-state index in [1.807, 2.05) is 25.1 Å². The lowest BCUT2D eigenvalue weighted by Gasteiger charge is -2.11. The second-order valence-electron chi connectivity index (χ2n) is 6.48. The smallest absolute Gasteiger partial charge is 0.267 e. The van der Waals surface area contributed by atoms with Gasteiger partial charge in [-0.15, -0.1) is 0 Å². The summed E-state index contributed by atoms with van der Waals surface area (Å²) in [7, 11) is 0. The number of nitrogens with zero attached hydrogens (tertiary/aromatic N) is 2. The third-order valence-corrected chi connectivity index (χ3v) is 4.61. The van der Waals surface area contributed by atoms with Crippen molar-refractivity contribution >= 4 is 39.1 Å². The summed E-state index contributed by atoms with van der Waals surface area (Å²) in [4.78, 5) is 35.9. The number of aryl methyl sites for hydroxylation is 1. The summed E-state index contributed by atoms with van der Waals surface area (Å²) in [6, 6.07) is 15.6. The topological polar surface area (TPSA) is 93.1 Å². The van der Waals surface area contributed by atoms with Crippen molar-refractivity contribution in [3.63, 3.8) is 0 Å². The lowest BCUT2D eigenvalue weighted by Crippen LogP contribution is -2.29.